The van der Waals surface area contributed by atoms with Gasteiger partial charge in [0, 0.05) is 24.7 Å². The predicted octanol–water partition coefficient (Wildman–Crippen LogP) is 2.46. The molecule has 3 nitrogen and oxygen atoms in total. The van der Waals surface area contributed by atoms with Crippen LogP contribution in [0.1, 0.15) is 37.9 Å². The zero-order valence-corrected chi connectivity index (χ0v) is 12.5. The summed E-state index contributed by atoms with van der Waals surface area (Å²) in [5, 5.41) is 13.1. The normalized spacial score (nSPS) is 19.4. The van der Waals surface area contributed by atoms with Crippen molar-refractivity contribution in [1.29, 1.82) is 0 Å². The van der Waals surface area contributed by atoms with Crippen LogP contribution in [0.2, 0.25) is 0 Å². The highest BCUT2D eigenvalue weighted by Gasteiger charge is 2.18. The zero-order valence-electron chi connectivity index (χ0n) is 12.5. The van der Waals surface area contributed by atoms with Crippen molar-refractivity contribution in [3.8, 4) is 0 Å². The van der Waals surface area contributed by atoms with Gasteiger partial charge in [0.15, 0.2) is 0 Å². The molecule has 0 spiro atoms. The average Bonchev–Trinajstić information content (AvgIpc) is 2.50. The van der Waals surface area contributed by atoms with Gasteiger partial charge >= 0.3 is 0 Å². The molecule has 0 amide bonds. The minimum atomic E-state index is -1.03. The molecule has 2 rings (SSSR count). The molecular weight excluding hydrogens is 274 g/mol. The van der Waals surface area contributed by atoms with Crippen molar-refractivity contribution in [1.82, 2.24) is 10.2 Å². The maximum absolute atomic E-state index is 13.5. The second-order valence-electron chi connectivity index (χ2n) is 5.79. The Morgan fingerprint density at radius 3 is 2.62 bits per heavy atom. The summed E-state index contributed by atoms with van der Waals surface area (Å²) in [7, 11) is 0. The molecule has 1 aliphatic heterocycles. The molecule has 2 unspecified atom stereocenters. The van der Waals surface area contributed by atoms with Gasteiger partial charge in [-0.25, -0.2) is 8.78 Å². The first-order valence-corrected chi connectivity index (χ1v) is 7.65. The van der Waals surface area contributed by atoms with Gasteiger partial charge in [-0.05, 0) is 51.1 Å². The summed E-state index contributed by atoms with van der Waals surface area (Å²) >= 11 is 0. The van der Waals surface area contributed by atoms with Crippen molar-refractivity contribution in [3.05, 3.63) is 35.4 Å². The summed E-state index contributed by atoms with van der Waals surface area (Å²) in [6.07, 6.45) is 2.74. The van der Waals surface area contributed by atoms with Crippen LogP contribution in [0.3, 0.4) is 0 Å². The van der Waals surface area contributed by atoms with E-state index in [1.54, 1.807) is 0 Å². The van der Waals surface area contributed by atoms with Crippen LogP contribution in [0, 0.1) is 11.6 Å². The third-order valence-electron chi connectivity index (χ3n) is 4.11. The van der Waals surface area contributed by atoms with Crippen LogP contribution in [-0.4, -0.2) is 42.2 Å². The molecule has 1 heterocycles. The minimum absolute atomic E-state index is 0.00752. The molecule has 1 aromatic carbocycles. The van der Waals surface area contributed by atoms with Crippen molar-refractivity contribution in [2.75, 3.05) is 26.2 Å². The van der Waals surface area contributed by atoms with Crippen molar-refractivity contribution in [2.45, 2.75) is 38.3 Å². The smallest absolute Gasteiger partial charge is 0.129 e. The molecule has 118 valence electrons. The second kappa shape index (κ2) is 7.82. The fourth-order valence-corrected chi connectivity index (χ4v) is 2.80. The third kappa shape index (κ3) is 4.73. The van der Waals surface area contributed by atoms with Crippen molar-refractivity contribution >= 4 is 0 Å². The van der Waals surface area contributed by atoms with E-state index in [0.29, 0.717) is 6.04 Å². The number of piperidine rings is 1. The van der Waals surface area contributed by atoms with Crippen molar-refractivity contribution in [2.24, 2.45) is 0 Å². The van der Waals surface area contributed by atoms with Gasteiger partial charge < -0.3 is 10.4 Å². The lowest BCUT2D eigenvalue weighted by Gasteiger charge is -2.32. The number of nitrogens with zero attached hydrogens (tertiary/aromatic N) is 1. The van der Waals surface area contributed by atoms with Crippen LogP contribution < -0.4 is 5.32 Å². The molecule has 0 radical (unpaired) electrons. The van der Waals surface area contributed by atoms with E-state index in [1.807, 2.05) is 0 Å². The maximum Gasteiger partial charge on any atom is 0.129 e. The summed E-state index contributed by atoms with van der Waals surface area (Å²) < 4.78 is 26.6. The zero-order chi connectivity index (χ0) is 15.2. The molecule has 0 aliphatic carbocycles. The molecule has 21 heavy (non-hydrogen) atoms. The van der Waals surface area contributed by atoms with E-state index < -0.39 is 17.7 Å². The van der Waals surface area contributed by atoms with E-state index in [4.69, 9.17) is 0 Å². The Morgan fingerprint density at radius 2 is 1.90 bits per heavy atom. The Balaban J connectivity index is 1.78. The molecule has 5 heteroatoms. The van der Waals surface area contributed by atoms with Crippen LogP contribution in [0.25, 0.3) is 0 Å². The van der Waals surface area contributed by atoms with Crippen LogP contribution in [0.4, 0.5) is 8.78 Å². The van der Waals surface area contributed by atoms with Crippen LogP contribution in [-0.2, 0) is 0 Å². The van der Waals surface area contributed by atoms with E-state index in [9.17, 15) is 13.9 Å². The lowest BCUT2D eigenvalue weighted by atomic mass is 10.1. The highest BCUT2D eigenvalue weighted by molar-refractivity contribution is 5.21. The van der Waals surface area contributed by atoms with E-state index >= 15 is 0 Å². The highest BCUT2D eigenvalue weighted by Crippen LogP contribution is 2.18. The van der Waals surface area contributed by atoms with Gasteiger partial charge in [0.1, 0.15) is 11.6 Å². The van der Waals surface area contributed by atoms with E-state index in [0.717, 1.165) is 37.8 Å². The first-order chi connectivity index (χ1) is 10.1. The van der Waals surface area contributed by atoms with Gasteiger partial charge in [-0.2, -0.15) is 0 Å². The van der Waals surface area contributed by atoms with E-state index in [1.165, 1.54) is 19.3 Å². The molecule has 2 N–H and O–H groups in total. The summed E-state index contributed by atoms with van der Waals surface area (Å²) in [6, 6.07) is 3.53. The number of nitrogens with one attached hydrogen (secondary N) is 1. The lowest BCUT2D eigenvalue weighted by Crippen LogP contribution is -2.43. The van der Waals surface area contributed by atoms with Crippen LogP contribution >= 0.6 is 0 Å². The molecular formula is C16H24F2N2O. The number of likely N-dealkylation sites (tertiary alicyclic amines) is 1. The Labute approximate surface area is 125 Å². The third-order valence-corrected chi connectivity index (χ3v) is 4.11. The summed E-state index contributed by atoms with van der Waals surface area (Å²) in [5.41, 5.74) is 0.00752. The monoisotopic (exact) mass is 298 g/mol. The molecule has 1 aromatic rings. The van der Waals surface area contributed by atoms with Gasteiger partial charge in [0.25, 0.3) is 0 Å². The van der Waals surface area contributed by atoms with Crippen molar-refractivity contribution in [3.63, 3.8) is 0 Å². The Bertz CT molecular complexity index is 450. The quantitative estimate of drug-likeness (QED) is 0.847. The standard InChI is InChI=1S/C16H24F2N2O/c1-12(20-7-3-2-4-8-20)10-19-11-16(21)14-9-13(17)5-6-15(14)18/h5-6,9,12,16,19,21H,2-4,7-8,10-11H2,1H3. The van der Waals surface area contributed by atoms with Crippen LogP contribution in [0.5, 0.6) is 0 Å². The summed E-state index contributed by atoms with van der Waals surface area (Å²) in [4.78, 5) is 2.42. The average molecular weight is 298 g/mol. The Kier molecular flexibility index (Phi) is 6.08. The topological polar surface area (TPSA) is 35.5 Å². The number of hydrogen-bond acceptors (Lipinski definition) is 3. The molecule has 0 aromatic heterocycles. The number of hydrogen-bond donors (Lipinski definition) is 2. The lowest BCUT2D eigenvalue weighted by molar-refractivity contribution is 0.148. The maximum atomic E-state index is 13.5. The van der Waals surface area contributed by atoms with Gasteiger partial charge in [0.05, 0.1) is 6.10 Å². The van der Waals surface area contributed by atoms with Gasteiger partial charge in [0.2, 0.25) is 0 Å². The van der Waals surface area contributed by atoms with Gasteiger partial charge in [-0.15, -0.1) is 0 Å². The molecule has 1 fully saturated rings. The minimum Gasteiger partial charge on any atom is -0.387 e. The number of aliphatic hydroxyl groups is 1. The molecule has 0 saturated carbocycles. The SMILES string of the molecule is CC(CNCC(O)c1cc(F)ccc1F)N1CCCCC1. The Morgan fingerprint density at radius 1 is 1.19 bits per heavy atom. The Hall–Kier alpha value is -1.04. The number of halogens is 2. The van der Waals surface area contributed by atoms with E-state index in [-0.39, 0.29) is 12.1 Å². The number of aliphatic hydroxyl groups excluding tert-OH is 1. The second-order valence-corrected chi connectivity index (χ2v) is 5.79. The van der Waals surface area contributed by atoms with E-state index in [2.05, 4.69) is 17.1 Å². The molecule has 0 bridgehead atoms. The molecule has 1 saturated heterocycles. The molecule has 2 atom stereocenters. The number of benzene rings is 1. The summed E-state index contributed by atoms with van der Waals surface area (Å²) in [5.74, 6) is -1.11. The van der Waals surface area contributed by atoms with Gasteiger partial charge in [-0.3, -0.25) is 4.90 Å². The first kappa shape index (κ1) is 16.3. The number of rotatable bonds is 6. The van der Waals surface area contributed by atoms with Crippen molar-refractivity contribution < 1.29 is 13.9 Å². The fraction of sp³-hybridized carbons (Fsp3) is 0.625. The van der Waals surface area contributed by atoms with Crippen LogP contribution in [0.15, 0.2) is 18.2 Å². The fourth-order valence-electron chi connectivity index (χ4n) is 2.80. The first-order valence-electron chi connectivity index (χ1n) is 7.65. The largest absolute Gasteiger partial charge is 0.387 e. The molecule has 1 aliphatic rings. The predicted molar refractivity (Wildman–Crippen MR) is 79.1 cm³/mol. The summed E-state index contributed by atoms with van der Waals surface area (Å²) in [6.45, 7) is 5.33. The highest BCUT2D eigenvalue weighted by atomic mass is 19.1. The van der Waals surface area contributed by atoms with Gasteiger partial charge in [-0.1, -0.05) is 6.42 Å².